The highest BCUT2D eigenvalue weighted by molar-refractivity contribution is 7.17. The van der Waals surface area contributed by atoms with Gasteiger partial charge in [0.2, 0.25) is 0 Å². The fourth-order valence-corrected chi connectivity index (χ4v) is 4.02. The van der Waals surface area contributed by atoms with Crippen molar-refractivity contribution in [3.05, 3.63) is 34.7 Å². The Kier molecular flexibility index (Phi) is 3.68. The highest BCUT2D eigenvalue weighted by Crippen LogP contribution is 2.29. The molecule has 21 heavy (non-hydrogen) atoms. The van der Waals surface area contributed by atoms with Gasteiger partial charge in [0.15, 0.2) is 0 Å². The van der Waals surface area contributed by atoms with E-state index in [9.17, 15) is 14.7 Å². The van der Waals surface area contributed by atoms with Crippen molar-refractivity contribution < 1.29 is 14.7 Å². The maximum atomic E-state index is 12.4. The van der Waals surface area contributed by atoms with Crippen LogP contribution in [0.3, 0.4) is 0 Å². The Morgan fingerprint density at radius 1 is 1.33 bits per heavy atom. The molecule has 2 atom stereocenters. The summed E-state index contributed by atoms with van der Waals surface area (Å²) >= 11 is 1.54. The topological polar surface area (TPSA) is 66.4 Å². The van der Waals surface area contributed by atoms with Gasteiger partial charge in [-0.15, -0.1) is 11.3 Å². The smallest absolute Gasteiger partial charge is 0.308 e. The van der Waals surface area contributed by atoms with E-state index in [-0.39, 0.29) is 11.9 Å². The molecule has 0 saturated heterocycles. The van der Waals surface area contributed by atoms with Crippen LogP contribution < -0.4 is 5.32 Å². The van der Waals surface area contributed by atoms with Crippen LogP contribution in [0.15, 0.2) is 23.6 Å². The van der Waals surface area contributed by atoms with Crippen molar-refractivity contribution in [2.75, 3.05) is 0 Å². The molecule has 1 heterocycles. The summed E-state index contributed by atoms with van der Waals surface area (Å²) in [6.07, 6.45) is 2.24. The molecule has 1 aliphatic carbocycles. The number of benzene rings is 1. The molecule has 2 N–H and O–H groups in total. The highest BCUT2D eigenvalue weighted by Gasteiger charge is 2.34. The summed E-state index contributed by atoms with van der Waals surface area (Å²) in [7, 11) is 0. The molecule has 0 radical (unpaired) electrons. The molecular formula is C16H17NO3S. The second-order valence-corrected chi connectivity index (χ2v) is 6.52. The normalized spacial score (nSPS) is 21.6. The van der Waals surface area contributed by atoms with Gasteiger partial charge in [-0.05, 0) is 31.4 Å². The van der Waals surface area contributed by atoms with Gasteiger partial charge in [-0.3, -0.25) is 9.59 Å². The Morgan fingerprint density at radius 3 is 2.90 bits per heavy atom. The van der Waals surface area contributed by atoms with Gasteiger partial charge in [0, 0.05) is 21.5 Å². The summed E-state index contributed by atoms with van der Waals surface area (Å²) in [5.74, 6) is -1.44. The number of carboxylic acids is 1. The van der Waals surface area contributed by atoms with Gasteiger partial charge in [-0.25, -0.2) is 0 Å². The number of hydrogen-bond donors (Lipinski definition) is 2. The standard InChI is InChI=1S/C16H17NO3S/c1-9-5-6-10-12(8-21-14(10)7-9)15(18)17-13-4-2-3-11(13)16(19)20/h5-8,11,13H,2-4H2,1H3,(H,17,18)(H,19,20)/t11-,13+/m0/s1. The summed E-state index contributed by atoms with van der Waals surface area (Å²) in [5, 5.41) is 14.9. The number of carbonyl (C=O) groups excluding carboxylic acids is 1. The van der Waals surface area contributed by atoms with E-state index in [4.69, 9.17) is 0 Å². The minimum Gasteiger partial charge on any atom is -0.481 e. The van der Waals surface area contributed by atoms with Crippen molar-refractivity contribution in [3.63, 3.8) is 0 Å². The second-order valence-electron chi connectivity index (χ2n) is 5.60. The number of thiophene rings is 1. The molecule has 4 nitrogen and oxygen atoms in total. The molecule has 110 valence electrons. The molecule has 2 aromatic rings. The van der Waals surface area contributed by atoms with E-state index >= 15 is 0 Å². The molecule has 1 saturated carbocycles. The second kappa shape index (κ2) is 5.48. The van der Waals surface area contributed by atoms with Crippen LogP contribution in [0, 0.1) is 12.8 Å². The predicted molar refractivity (Wildman–Crippen MR) is 82.8 cm³/mol. The van der Waals surface area contributed by atoms with Crippen molar-refractivity contribution in [3.8, 4) is 0 Å². The van der Waals surface area contributed by atoms with Crippen molar-refractivity contribution >= 4 is 33.3 Å². The van der Waals surface area contributed by atoms with E-state index in [0.29, 0.717) is 12.0 Å². The first-order valence-electron chi connectivity index (χ1n) is 7.08. The Bertz CT molecular complexity index is 707. The molecular weight excluding hydrogens is 286 g/mol. The third kappa shape index (κ3) is 2.65. The number of aliphatic carboxylic acids is 1. The molecule has 1 aromatic carbocycles. The molecule has 1 amide bonds. The highest BCUT2D eigenvalue weighted by atomic mass is 32.1. The van der Waals surface area contributed by atoms with Crippen molar-refractivity contribution in [1.29, 1.82) is 0 Å². The predicted octanol–water partition coefficient (Wildman–Crippen LogP) is 3.19. The maximum absolute atomic E-state index is 12.4. The molecule has 0 aliphatic heterocycles. The molecule has 0 unspecified atom stereocenters. The molecule has 3 rings (SSSR count). The minimum atomic E-state index is -0.816. The van der Waals surface area contributed by atoms with Crippen LogP contribution in [0.2, 0.25) is 0 Å². The van der Waals surface area contributed by atoms with Gasteiger partial charge in [-0.1, -0.05) is 18.6 Å². The Morgan fingerprint density at radius 2 is 2.14 bits per heavy atom. The number of rotatable bonds is 3. The zero-order valence-electron chi connectivity index (χ0n) is 11.8. The van der Waals surface area contributed by atoms with E-state index in [0.717, 1.165) is 28.5 Å². The van der Waals surface area contributed by atoms with Crippen LogP contribution in [-0.4, -0.2) is 23.0 Å². The molecule has 0 spiro atoms. The van der Waals surface area contributed by atoms with Gasteiger partial charge in [0.1, 0.15) is 0 Å². The van der Waals surface area contributed by atoms with E-state index < -0.39 is 11.9 Å². The Balaban J connectivity index is 1.82. The number of aryl methyl sites for hydroxylation is 1. The number of carbonyl (C=O) groups is 2. The zero-order valence-corrected chi connectivity index (χ0v) is 12.6. The minimum absolute atomic E-state index is 0.164. The lowest BCUT2D eigenvalue weighted by Gasteiger charge is -2.17. The number of fused-ring (bicyclic) bond motifs is 1. The quantitative estimate of drug-likeness (QED) is 0.915. The van der Waals surface area contributed by atoms with Gasteiger partial charge in [-0.2, -0.15) is 0 Å². The number of hydrogen-bond acceptors (Lipinski definition) is 3. The van der Waals surface area contributed by atoms with E-state index in [1.807, 2.05) is 24.4 Å². The number of nitrogens with one attached hydrogen (secondary N) is 1. The van der Waals surface area contributed by atoms with Crippen LogP contribution >= 0.6 is 11.3 Å². The third-order valence-electron chi connectivity index (χ3n) is 4.13. The molecule has 5 heteroatoms. The summed E-state index contributed by atoms with van der Waals surface area (Å²) in [5.41, 5.74) is 1.81. The van der Waals surface area contributed by atoms with Gasteiger partial charge >= 0.3 is 5.97 Å². The summed E-state index contributed by atoms with van der Waals surface area (Å²) in [6.45, 7) is 2.02. The van der Waals surface area contributed by atoms with Crippen LogP contribution in [0.4, 0.5) is 0 Å². The van der Waals surface area contributed by atoms with Gasteiger partial charge < -0.3 is 10.4 Å². The fraction of sp³-hybridized carbons (Fsp3) is 0.375. The monoisotopic (exact) mass is 303 g/mol. The van der Waals surface area contributed by atoms with Gasteiger partial charge in [0.05, 0.1) is 11.5 Å². The van der Waals surface area contributed by atoms with Crippen LogP contribution in [0.25, 0.3) is 10.1 Å². The summed E-state index contributed by atoms with van der Waals surface area (Å²) < 4.78 is 1.08. The van der Waals surface area contributed by atoms with Crippen molar-refractivity contribution in [1.82, 2.24) is 5.32 Å². The van der Waals surface area contributed by atoms with E-state index in [1.54, 1.807) is 11.3 Å². The first kappa shape index (κ1) is 14.1. The first-order valence-corrected chi connectivity index (χ1v) is 7.96. The number of carboxylic acid groups (broad SMARTS) is 1. The summed E-state index contributed by atoms with van der Waals surface area (Å²) in [6, 6.07) is 5.75. The third-order valence-corrected chi connectivity index (χ3v) is 5.07. The SMILES string of the molecule is Cc1ccc2c(C(=O)N[C@@H]3CCC[C@@H]3C(=O)O)csc2c1. The largest absolute Gasteiger partial charge is 0.481 e. The molecule has 1 aliphatic rings. The zero-order chi connectivity index (χ0) is 15.0. The lowest BCUT2D eigenvalue weighted by atomic mass is 10.0. The van der Waals surface area contributed by atoms with Crippen molar-refractivity contribution in [2.24, 2.45) is 5.92 Å². The van der Waals surface area contributed by atoms with Crippen LogP contribution in [0.5, 0.6) is 0 Å². The van der Waals surface area contributed by atoms with E-state index in [1.165, 1.54) is 0 Å². The van der Waals surface area contributed by atoms with Crippen LogP contribution in [0.1, 0.15) is 35.2 Å². The number of amides is 1. The molecule has 1 aromatic heterocycles. The molecule has 0 bridgehead atoms. The lowest BCUT2D eigenvalue weighted by molar-refractivity contribution is -0.142. The average Bonchev–Trinajstić information content (AvgIpc) is 3.04. The average molecular weight is 303 g/mol. The first-order chi connectivity index (χ1) is 10.1. The summed E-state index contributed by atoms with van der Waals surface area (Å²) in [4.78, 5) is 23.6. The van der Waals surface area contributed by atoms with E-state index in [2.05, 4.69) is 11.4 Å². The van der Waals surface area contributed by atoms with Crippen molar-refractivity contribution in [2.45, 2.75) is 32.2 Å². The maximum Gasteiger partial charge on any atom is 0.308 e. The molecule has 1 fully saturated rings. The fourth-order valence-electron chi connectivity index (χ4n) is 2.99. The Hall–Kier alpha value is -1.88. The van der Waals surface area contributed by atoms with Crippen LogP contribution in [-0.2, 0) is 4.79 Å². The lowest BCUT2D eigenvalue weighted by Crippen LogP contribution is -2.40. The van der Waals surface area contributed by atoms with Gasteiger partial charge in [0.25, 0.3) is 5.91 Å². The Labute approximate surface area is 126 Å².